The lowest BCUT2D eigenvalue weighted by molar-refractivity contribution is -0.145. The molecule has 1 aromatic carbocycles. The van der Waals surface area contributed by atoms with Crippen LogP contribution >= 0.6 is 0 Å². The number of rotatable bonds is 7. The Morgan fingerprint density at radius 1 is 1.35 bits per heavy atom. The molecule has 0 aliphatic carbocycles. The number of amides is 1. The Morgan fingerprint density at radius 2 is 2.12 bits per heavy atom. The van der Waals surface area contributed by atoms with Gasteiger partial charge in [-0.3, -0.25) is 4.79 Å². The van der Waals surface area contributed by atoms with E-state index in [1.165, 1.54) is 6.07 Å². The van der Waals surface area contributed by atoms with Crippen molar-refractivity contribution >= 4 is 11.9 Å². The number of ether oxygens (including phenoxy) is 1. The first kappa shape index (κ1) is 20.2. The maximum atomic E-state index is 12.7. The Hall–Kier alpha value is -2.09. The van der Waals surface area contributed by atoms with Gasteiger partial charge in [0.05, 0.1) is 12.2 Å². The molecule has 2 atom stereocenters. The Labute approximate surface area is 149 Å². The zero-order valence-corrected chi connectivity index (χ0v) is 14.2. The van der Waals surface area contributed by atoms with E-state index in [-0.39, 0.29) is 12.3 Å². The van der Waals surface area contributed by atoms with E-state index < -0.39 is 29.7 Å². The number of carbonyl (C=O) groups excluding carboxylic acids is 1. The molecule has 0 bridgehead atoms. The molecule has 1 saturated heterocycles. The summed E-state index contributed by atoms with van der Waals surface area (Å²) in [6.07, 6.45) is -2.29. The van der Waals surface area contributed by atoms with Crippen LogP contribution in [0.5, 0.6) is 0 Å². The molecule has 2 N–H and O–H groups in total. The third-order valence-corrected chi connectivity index (χ3v) is 4.37. The fraction of sp³-hybridized carbons (Fsp3) is 0.556. The van der Waals surface area contributed by atoms with Crippen LogP contribution in [-0.4, -0.2) is 36.2 Å². The van der Waals surface area contributed by atoms with E-state index in [4.69, 9.17) is 4.74 Å². The Bertz CT molecular complexity index is 627. The van der Waals surface area contributed by atoms with Crippen molar-refractivity contribution in [2.45, 2.75) is 44.3 Å². The second-order valence-corrected chi connectivity index (χ2v) is 6.41. The van der Waals surface area contributed by atoms with Gasteiger partial charge in [0.2, 0.25) is 5.91 Å². The smallest absolute Gasteiger partial charge is 0.416 e. The quantitative estimate of drug-likeness (QED) is 0.770. The lowest BCUT2D eigenvalue weighted by Crippen LogP contribution is -2.48. The molecule has 0 saturated carbocycles. The average molecular weight is 373 g/mol. The molecule has 26 heavy (non-hydrogen) atoms. The molecule has 0 radical (unpaired) electrons. The fourth-order valence-corrected chi connectivity index (χ4v) is 3.01. The zero-order valence-electron chi connectivity index (χ0n) is 14.2. The highest BCUT2D eigenvalue weighted by molar-refractivity contribution is 5.83. The Kier molecular flexibility index (Phi) is 7.02. The summed E-state index contributed by atoms with van der Waals surface area (Å²) in [6.45, 7) is 0.884. The second kappa shape index (κ2) is 9.02. The highest BCUT2D eigenvalue weighted by Gasteiger charge is 2.31. The van der Waals surface area contributed by atoms with Crippen LogP contribution in [0.15, 0.2) is 24.3 Å². The van der Waals surface area contributed by atoms with Crippen molar-refractivity contribution in [3.63, 3.8) is 0 Å². The number of halogens is 3. The summed E-state index contributed by atoms with van der Waals surface area (Å²) in [5.74, 6) is -1.80. The van der Waals surface area contributed by atoms with Gasteiger partial charge in [-0.05, 0) is 37.3 Å². The first-order chi connectivity index (χ1) is 12.3. The van der Waals surface area contributed by atoms with E-state index in [1.54, 1.807) is 6.07 Å². The molecule has 1 aromatic rings. The molecule has 8 heteroatoms. The van der Waals surface area contributed by atoms with E-state index in [0.29, 0.717) is 38.0 Å². The van der Waals surface area contributed by atoms with Crippen molar-refractivity contribution in [2.24, 2.45) is 5.92 Å². The third kappa shape index (κ3) is 6.01. The third-order valence-electron chi connectivity index (χ3n) is 4.37. The summed E-state index contributed by atoms with van der Waals surface area (Å²) in [6, 6.07) is 3.97. The number of hydrogen-bond acceptors (Lipinski definition) is 3. The van der Waals surface area contributed by atoms with Crippen molar-refractivity contribution in [1.82, 2.24) is 5.32 Å². The maximum Gasteiger partial charge on any atom is 0.416 e. The largest absolute Gasteiger partial charge is 0.480 e. The molecule has 2 unspecified atom stereocenters. The predicted octanol–water partition coefficient (Wildman–Crippen LogP) is 3.02. The number of hydrogen-bond donors (Lipinski definition) is 2. The molecule has 1 fully saturated rings. The number of aliphatic carboxylic acids is 1. The van der Waals surface area contributed by atoms with Crippen LogP contribution in [0.1, 0.15) is 36.8 Å². The molecule has 2 rings (SSSR count). The van der Waals surface area contributed by atoms with Crippen molar-refractivity contribution in [3.8, 4) is 0 Å². The molecule has 1 aliphatic rings. The number of benzene rings is 1. The lowest BCUT2D eigenvalue weighted by atomic mass is 9.93. The van der Waals surface area contributed by atoms with Gasteiger partial charge in [-0.1, -0.05) is 18.2 Å². The number of carboxylic acids is 1. The van der Waals surface area contributed by atoms with Crippen molar-refractivity contribution in [1.29, 1.82) is 0 Å². The van der Waals surface area contributed by atoms with E-state index in [0.717, 1.165) is 18.6 Å². The highest BCUT2D eigenvalue weighted by atomic mass is 19.4. The first-order valence-corrected chi connectivity index (χ1v) is 8.53. The SMILES string of the molecule is O=C(CCCc1cccc(C(F)(F)F)c1)NC(C(=O)O)C1CCCOC1. The fourth-order valence-electron chi connectivity index (χ4n) is 3.01. The highest BCUT2D eigenvalue weighted by Crippen LogP contribution is 2.29. The summed E-state index contributed by atoms with van der Waals surface area (Å²) in [7, 11) is 0. The van der Waals surface area contributed by atoms with E-state index in [9.17, 15) is 27.9 Å². The minimum absolute atomic E-state index is 0.0492. The number of nitrogens with one attached hydrogen (secondary N) is 1. The standard InChI is InChI=1S/C18H22F3NO4/c19-18(20,21)14-7-1-4-12(10-14)5-2-8-15(23)22-16(17(24)25)13-6-3-9-26-11-13/h1,4,7,10,13,16H,2-3,5-6,8-9,11H2,(H,22,23)(H,24,25). The molecule has 1 amide bonds. The Balaban J connectivity index is 1.83. The predicted molar refractivity (Wildman–Crippen MR) is 87.5 cm³/mol. The van der Waals surface area contributed by atoms with Crippen LogP contribution < -0.4 is 5.32 Å². The van der Waals surface area contributed by atoms with Gasteiger partial charge in [0.1, 0.15) is 6.04 Å². The molecular formula is C18H22F3NO4. The van der Waals surface area contributed by atoms with Crippen molar-refractivity contribution < 1.29 is 32.6 Å². The van der Waals surface area contributed by atoms with Gasteiger partial charge in [0.25, 0.3) is 0 Å². The molecule has 0 aromatic heterocycles. The van der Waals surface area contributed by atoms with E-state index in [1.807, 2.05) is 0 Å². The molecule has 1 aliphatic heterocycles. The lowest BCUT2D eigenvalue weighted by Gasteiger charge is -2.28. The summed E-state index contributed by atoms with van der Waals surface area (Å²) in [4.78, 5) is 23.4. The molecule has 144 valence electrons. The van der Waals surface area contributed by atoms with Crippen molar-refractivity contribution in [2.75, 3.05) is 13.2 Å². The minimum atomic E-state index is -4.40. The second-order valence-electron chi connectivity index (χ2n) is 6.41. The first-order valence-electron chi connectivity index (χ1n) is 8.53. The maximum absolute atomic E-state index is 12.7. The molecule has 1 heterocycles. The minimum Gasteiger partial charge on any atom is -0.480 e. The topological polar surface area (TPSA) is 75.6 Å². The number of carboxylic acid groups (broad SMARTS) is 1. The summed E-state index contributed by atoms with van der Waals surface area (Å²) in [5.41, 5.74) is -0.231. The summed E-state index contributed by atoms with van der Waals surface area (Å²) in [5, 5.41) is 11.8. The van der Waals surface area contributed by atoms with Gasteiger partial charge in [0, 0.05) is 18.9 Å². The summed E-state index contributed by atoms with van der Waals surface area (Å²) >= 11 is 0. The van der Waals surface area contributed by atoms with Gasteiger partial charge in [-0.2, -0.15) is 13.2 Å². The van der Waals surface area contributed by atoms with Gasteiger partial charge < -0.3 is 15.2 Å². The summed E-state index contributed by atoms with van der Waals surface area (Å²) < 4.78 is 43.3. The van der Waals surface area contributed by atoms with Crippen LogP contribution in [-0.2, 0) is 26.9 Å². The van der Waals surface area contributed by atoms with Gasteiger partial charge in [0.15, 0.2) is 0 Å². The van der Waals surface area contributed by atoms with E-state index >= 15 is 0 Å². The number of carbonyl (C=O) groups is 2. The number of alkyl halides is 3. The van der Waals surface area contributed by atoms with Crippen LogP contribution in [0.2, 0.25) is 0 Å². The van der Waals surface area contributed by atoms with Gasteiger partial charge in [-0.25, -0.2) is 4.79 Å². The number of aryl methyl sites for hydroxylation is 1. The van der Waals surface area contributed by atoms with Gasteiger partial charge >= 0.3 is 12.1 Å². The van der Waals surface area contributed by atoms with Crippen LogP contribution in [0.25, 0.3) is 0 Å². The monoisotopic (exact) mass is 373 g/mol. The average Bonchev–Trinajstić information content (AvgIpc) is 2.60. The van der Waals surface area contributed by atoms with Crippen LogP contribution in [0.4, 0.5) is 13.2 Å². The Morgan fingerprint density at radius 3 is 2.73 bits per heavy atom. The van der Waals surface area contributed by atoms with Crippen LogP contribution in [0.3, 0.4) is 0 Å². The molecule has 5 nitrogen and oxygen atoms in total. The normalized spacial score (nSPS) is 19.0. The van der Waals surface area contributed by atoms with Crippen molar-refractivity contribution in [3.05, 3.63) is 35.4 Å². The molecule has 0 spiro atoms. The zero-order chi connectivity index (χ0) is 19.2. The van der Waals surface area contributed by atoms with E-state index in [2.05, 4.69) is 5.32 Å². The van der Waals surface area contributed by atoms with Crippen LogP contribution in [0, 0.1) is 5.92 Å². The van der Waals surface area contributed by atoms with Gasteiger partial charge in [-0.15, -0.1) is 0 Å². The molecular weight excluding hydrogens is 351 g/mol.